The van der Waals surface area contributed by atoms with Gasteiger partial charge in [0.2, 0.25) is 0 Å². The number of hydrogen-bond acceptors (Lipinski definition) is 8. The Labute approximate surface area is 224 Å². The molecule has 0 radical (unpaired) electrons. The minimum Gasteiger partial charge on any atom is -0.504 e. The summed E-state index contributed by atoms with van der Waals surface area (Å²) in [5.41, 5.74) is 1.85. The molecule has 0 saturated carbocycles. The van der Waals surface area contributed by atoms with Crippen molar-refractivity contribution >= 4 is 5.97 Å². The van der Waals surface area contributed by atoms with E-state index in [4.69, 9.17) is 18.9 Å². The molecular weight excluding hydrogens is 488 g/mol. The van der Waals surface area contributed by atoms with Crippen molar-refractivity contribution in [2.24, 2.45) is 11.8 Å². The van der Waals surface area contributed by atoms with Crippen LogP contribution in [0.4, 0.5) is 0 Å². The minimum absolute atomic E-state index is 0.00334. The zero-order chi connectivity index (χ0) is 27.9. The Bertz CT molecular complexity index is 1120. The van der Waals surface area contributed by atoms with E-state index in [2.05, 4.69) is 0 Å². The molecule has 1 fully saturated rings. The molecular formula is C30H40O8. The number of aromatic hydroxyl groups is 1. The molecule has 1 aliphatic heterocycles. The van der Waals surface area contributed by atoms with Gasteiger partial charge in [-0.2, -0.15) is 0 Å². The van der Waals surface area contributed by atoms with Gasteiger partial charge in [-0.15, -0.1) is 0 Å². The van der Waals surface area contributed by atoms with Crippen LogP contribution in [0.25, 0.3) is 0 Å². The van der Waals surface area contributed by atoms with E-state index in [0.717, 1.165) is 16.7 Å². The Hall–Kier alpha value is -3.23. The van der Waals surface area contributed by atoms with E-state index in [1.54, 1.807) is 39.2 Å². The molecule has 0 aromatic heterocycles. The molecule has 0 amide bonds. The van der Waals surface area contributed by atoms with Gasteiger partial charge < -0.3 is 34.3 Å². The number of hydrogen-bond donors (Lipinski definition) is 3. The first-order valence-electron chi connectivity index (χ1n) is 12.9. The van der Waals surface area contributed by atoms with Gasteiger partial charge in [-0.3, -0.25) is 4.79 Å². The minimum atomic E-state index is -1.12. The van der Waals surface area contributed by atoms with Gasteiger partial charge in [0.25, 0.3) is 0 Å². The highest BCUT2D eigenvalue weighted by molar-refractivity contribution is 5.75. The molecule has 0 bridgehead atoms. The molecule has 8 nitrogen and oxygen atoms in total. The van der Waals surface area contributed by atoms with E-state index >= 15 is 0 Å². The lowest BCUT2D eigenvalue weighted by molar-refractivity contribution is -0.141. The van der Waals surface area contributed by atoms with Gasteiger partial charge in [0.1, 0.15) is 6.61 Å². The normalized spacial score (nSPS) is 18.7. The van der Waals surface area contributed by atoms with E-state index in [-0.39, 0.29) is 23.6 Å². The lowest BCUT2D eigenvalue weighted by atomic mass is 9.85. The van der Waals surface area contributed by atoms with Crippen LogP contribution >= 0.6 is 0 Å². The number of esters is 1. The van der Waals surface area contributed by atoms with Crippen molar-refractivity contribution in [2.45, 2.75) is 58.2 Å². The monoisotopic (exact) mass is 528 g/mol. The van der Waals surface area contributed by atoms with Crippen LogP contribution < -0.4 is 14.2 Å². The van der Waals surface area contributed by atoms with Crippen LogP contribution in [-0.4, -0.2) is 60.4 Å². The summed E-state index contributed by atoms with van der Waals surface area (Å²) in [5.74, 6) is 1.15. The van der Waals surface area contributed by atoms with E-state index in [0.29, 0.717) is 56.1 Å². The van der Waals surface area contributed by atoms with Crippen molar-refractivity contribution in [3.63, 3.8) is 0 Å². The van der Waals surface area contributed by atoms with Crippen molar-refractivity contribution in [2.75, 3.05) is 27.4 Å². The third-order valence-corrected chi connectivity index (χ3v) is 7.04. The molecule has 1 heterocycles. The maximum atomic E-state index is 12.5. The average molecular weight is 529 g/mol. The smallest absolute Gasteiger partial charge is 0.309 e. The Morgan fingerprint density at radius 3 is 2.42 bits per heavy atom. The van der Waals surface area contributed by atoms with Crippen LogP contribution in [0.2, 0.25) is 0 Å². The number of methoxy groups -OCH3 is 2. The molecule has 3 atom stereocenters. The van der Waals surface area contributed by atoms with Crippen LogP contribution in [0.15, 0.2) is 48.0 Å². The summed E-state index contributed by atoms with van der Waals surface area (Å²) in [4.78, 5) is 12.5. The molecule has 8 heteroatoms. The molecule has 38 heavy (non-hydrogen) atoms. The lowest BCUT2D eigenvalue weighted by Crippen LogP contribution is -2.35. The maximum absolute atomic E-state index is 12.5. The second kappa shape index (κ2) is 13.0. The highest BCUT2D eigenvalue weighted by Gasteiger charge is 2.37. The summed E-state index contributed by atoms with van der Waals surface area (Å²) in [7, 11) is 3.09. The number of aliphatic hydroxyl groups is 2. The second-order valence-corrected chi connectivity index (χ2v) is 10.5. The number of aliphatic hydroxyl groups excluding tert-OH is 1. The Morgan fingerprint density at radius 2 is 1.74 bits per heavy atom. The standard InChI is InChI=1S/C30H40O8/c1-19(6-11-28(32)30(2,3)34)12-13-37-25-10-8-20(17-27(25)36-5)14-22-18-38-29(33)23(22)15-21-7-9-24(31)26(16-21)35-4/h7-10,12,16-17,22-23,28,31-32,34H,6,11,13-15,18H2,1-5H3/t22-,23+,28-/m0/s1. The zero-order valence-corrected chi connectivity index (χ0v) is 22.9. The fourth-order valence-corrected chi connectivity index (χ4v) is 4.51. The summed E-state index contributed by atoms with van der Waals surface area (Å²) in [5, 5.41) is 29.7. The highest BCUT2D eigenvalue weighted by Crippen LogP contribution is 2.34. The molecule has 2 aromatic rings. The van der Waals surface area contributed by atoms with Gasteiger partial charge in [0.05, 0.1) is 38.4 Å². The first-order valence-corrected chi connectivity index (χ1v) is 12.9. The van der Waals surface area contributed by atoms with Gasteiger partial charge >= 0.3 is 5.97 Å². The summed E-state index contributed by atoms with van der Waals surface area (Å²) in [6, 6.07) is 10.9. The van der Waals surface area contributed by atoms with Crippen molar-refractivity contribution in [1.29, 1.82) is 0 Å². The molecule has 2 aromatic carbocycles. The summed E-state index contributed by atoms with van der Waals surface area (Å²) < 4.78 is 22.1. The number of allylic oxidation sites excluding steroid dienone is 1. The first kappa shape index (κ1) is 29.3. The largest absolute Gasteiger partial charge is 0.504 e. The molecule has 0 unspecified atom stereocenters. The third-order valence-electron chi connectivity index (χ3n) is 7.04. The van der Waals surface area contributed by atoms with Crippen LogP contribution in [0.3, 0.4) is 0 Å². The number of phenolic OH excluding ortho intramolecular Hbond substituents is 1. The van der Waals surface area contributed by atoms with Crippen molar-refractivity contribution in [3.05, 3.63) is 59.2 Å². The number of carbonyl (C=O) groups is 1. The topological polar surface area (TPSA) is 115 Å². The zero-order valence-electron chi connectivity index (χ0n) is 22.9. The number of cyclic esters (lactones) is 1. The predicted molar refractivity (Wildman–Crippen MR) is 144 cm³/mol. The number of phenols is 1. The van der Waals surface area contributed by atoms with Gasteiger partial charge in [0.15, 0.2) is 23.0 Å². The van der Waals surface area contributed by atoms with Gasteiger partial charge in [-0.1, -0.05) is 17.7 Å². The van der Waals surface area contributed by atoms with E-state index in [9.17, 15) is 20.1 Å². The quantitative estimate of drug-likeness (QED) is 0.262. The number of ether oxygens (including phenoxy) is 4. The summed E-state index contributed by atoms with van der Waals surface area (Å²) in [6.45, 7) is 5.87. The Balaban J connectivity index is 1.60. The van der Waals surface area contributed by atoms with Crippen LogP contribution in [0.5, 0.6) is 23.0 Å². The Kier molecular flexibility index (Phi) is 10.1. The van der Waals surface area contributed by atoms with Crippen molar-refractivity contribution in [1.82, 2.24) is 0 Å². The molecule has 1 saturated heterocycles. The average Bonchev–Trinajstić information content (AvgIpc) is 3.22. The van der Waals surface area contributed by atoms with E-state index < -0.39 is 11.7 Å². The maximum Gasteiger partial charge on any atom is 0.309 e. The summed E-state index contributed by atoms with van der Waals surface area (Å²) >= 11 is 0. The first-order chi connectivity index (χ1) is 18.0. The number of rotatable bonds is 13. The van der Waals surface area contributed by atoms with E-state index in [1.165, 1.54) is 7.11 Å². The molecule has 3 rings (SSSR count). The lowest BCUT2D eigenvalue weighted by Gasteiger charge is -2.24. The van der Waals surface area contributed by atoms with Crippen LogP contribution in [0.1, 0.15) is 44.7 Å². The number of benzene rings is 2. The molecule has 3 N–H and O–H groups in total. The van der Waals surface area contributed by atoms with Crippen LogP contribution in [0, 0.1) is 11.8 Å². The second-order valence-electron chi connectivity index (χ2n) is 10.5. The van der Waals surface area contributed by atoms with Gasteiger partial charge in [-0.05, 0) is 87.9 Å². The Morgan fingerprint density at radius 1 is 1.08 bits per heavy atom. The molecule has 0 aliphatic carbocycles. The fourth-order valence-electron chi connectivity index (χ4n) is 4.51. The van der Waals surface area contributed by atoms with Gasteiger partial charge in [0, 0.05) is 5.92 Å². The highest BCUT2D eigenvalue weighted by atomic mass is 16.5. The van der Waals surface area contributed by atoms with E-state index in [1.807, 2.05) is 31.2 Å². The van der Waals surface area contributed by atoms with Crippen molar-refractivity contribution in [3.8, 4) is 23.0 Å². The third kappa shape index (κ3) is 7.88. The molecule has 208 valence electrons. The number of carbonyl (C=O) groups excluding carboxylic acids is 1. The van der Waals surface area contributed by atoms with Crippen molar-refractivity contribution < 1.29 is 39.1 Å². The SMILES string of the molecule is COc1cc(C[C@H]2C(=O)OC[C@@H]2Cc2ccc(OCC=C(C)CC[C@H](O)C(C)(C)O)c(OC)c2)ccc1O. The van der Waals surface area contributed by atoms with Gasteiger partial charge in [-0.25, -0.2) is 0 Å². The summed E-state index contributed by atoms with van der Waals surface area (Å²) in [6.07, 6.45) is 3.43. The molecule has 1 aliphatic rings. The molecule has 0 spiro atoms. The predicted octanol–water partition coefficient (Wildman–Crippen LogP) is 4.22. The van der Waals surface area contributed by atoms with Crippen LogP contribution in [-0.2, 0) is 22.4 Å². The fraction of sp³-hybridized carbons (Fsp3) is 0.500.